The van der Waals surface area contributed by atoms with E-state index in [9.17, 15) is 0 Å². The van der Waals surface area contributed by atoms with Crippen LogP contribution in [0.2, 0.25) is 0 Å². The van der Waals surface area contributed by atoms with Crippen molar-refractivity contribution in [3.8, 4) is 22.8 Å². The van der Waals surface area contributed by atoms with E-state index < -0.39 is 0 Å². The maximum Gasteiger partial charge on any atom is 0.119 e. The van der Waals surface area contributed by atoms with Gasteiger partial charge in [-0.05, 0) is 74.5 Å². The van der Waals surface area contributed by atoms with E-state index in [2.05, 4.69) is 54.3 Å². The highest BCUT2D eigenvalue weighted by molar-refractivity contribution is 5.93. The topological polar surface area (TPSA) is 37.5 Å². The monoisotopic (exact) mass is 336 g/mol. The first-order valence-electron chi connectivity index (χ1n) is 8.75. The summed E-state index contributed by atoms with van der Waals surface area (Å²) in [4.78, 5) is 5.73. The van der Waals surface area contributed by atoms with Gasteiger partial charge in [-0.15, -0.1) is 0 Å². The number of rotatable bonds is 5. The molecule has 25 heavy (non-hydrogen) atoms. The first-order valence-corrected chi connectivity index (χ1v) is 8.75. The van der Waals surface area contributed by atoms with Crippen LogP contribution in [0.15, 0.2) is 36.4 Å². The fraction of sp³-hybridized carbons (Fsp3) is 0.333. The molecule has 0 atom stereocenters. The summed E-state index contributed by atoms with van der Waals surface area (Å²) in [7, 11) is 5.83. The smallest absolute Gasteiger partial charge is 0.119 e. The first-order chi connectivity index (χ1) is 12.2. The molecule has 3 aromatic rings. The maximum atomic E-state index is 5.89. The molecule has 130 valence electrons. The van der Waals surface area contributed by atoms with Crippen LogP contribution in [0.3, 0.4) is 0 Å². The Labute approximate surface area is 148 Å². The molecule has 0 saturated carbocycles. The zero-order valence-electron chi connectivity index (χ0n) is 15.1. The number of benzene rings is 2. The van der Waals surface area contributed by atoms with Gasteiger partial charge in [0.25, 0.3) is 0 Å². The number of nitrogens with one attached hydrogen (secondary N) is 1. The molecule has 0 spiro atoms. The van der Waals surface area contributed by atoms with Gasteiger partial charge in [0, 0.05) is 28.7 Å². The Balaban J connectivity index is 1.67. The van der Waals surface area contributed by atoms with Crippen molar-refractivity contribution < 1.29 is 9.47 Å². The molecular formula is C21H24N2O2. The normalized spacial score (nSPS) is 13.0. The molecule has 4 nitrogen and oxygen atoms in total. The van der Waals surface area contributed by atoms with Crippen LogP contribution >= 0.6 is 0 Å². The molecule has 1 aliphatic carbocycles. The molecular weight excluding hydrogens is 312 g/mol. The zero-order chi connectivity index (χ0) is 17.4. The minimum Gasteiger partial charge on any atom is -0.497 e. The summed E-state index contributed by atoms with van der Waals surface area (Å²) in [6.45, 7) is 1.63. The van der Waals surface area contributed by atoms with E-state index in [0.29, 0.717) is 6.61 Å². The van der Waals surface area contributed by atoms with Gasteiger partial charge in [-0.3, -0.25) is 0 Å². The van der Waals surface area contributed by atoms with Crippen molar-refractivity contribution in [2.75, 3.05) is 34.4 Å². The molecule has 0 saturated heterocycles. The Morgan fingerprint density at radius 1 is 1.04 bits per heavy atom. The molecule has 0 amide bonds. The second kappa shape index (κ2) is 6.45. The van der Waals surface area contributed by atoms with Gasteiger partial charge in [-0.1, -0.05) is 0 Å². The lowest BCUT2D eigenvalue weighted by atomic mass is 9.89. The zero-order valence-corrected chi connectivity index (χ0v) is 15.1. The predicted octanol–water partition coefficient (Wildman–Crippen LogP) is 3.88. The quantitative estimate of drug-likeness (QED) is 0.768. The largest absolute Gasteiger partial charge is 0.497 e. The number of ether oxygens (including phenoxy) is 2. The number of aromatic nitrogens is 1. The van der Waals surface area contributed by atoms with Crippen molar-refractivity contribution in [3.05, 3.63) is 47.5 Å². The van der Waals surface area contributed by atoms with Gasteiger partial charge in [0.15, 0.2) is 0 Å². The van der Waals surface area contributed by atoms with Crippen LogP contribution in [-0.4, -0.2) is 44.2 Å². The summed E-state index contributed by atoms with van der Waals surface area (Å²) in [6.07, 6.45) is 2.08. The summed E-state index contributed by atoms with van der Waals surface area (Å²) >= 11 is 0. The molecule has 1 heterocycles. The summed E-state index contributed by atoms with van der Waals surface area (Å²) in [5.74, 6) is 1.87. The van der Waals surface area contributed by atoms with Crippen LogP contribution in [0, 0.1) is 0 Å². The van der Waals surface area contributed by atoms with Gasteiger partial charge in [-0.2, -0.15) is 0 Å². The van der Waals surface area contributed by atoms with Crippen molar-refractivity contribution >= 4 is 10.9 Å². The number of nitrogens with zero attached hydrogens (tertiary/aromatic N) is 1. The lowest BCUT2D eigenvalue weighted by Crippen LogP contribution is -2.19. The molecule has 0 aliphatic heterocycles. The number of aryl methyl sites for hydroxylation is 2. The minimum atomic E-state index is 0.712. The summed E-state index contributed by atoms with van der Waals surface area (Å²) < 4.78 is 11.3. The number of hydrogen-bond acceptors (Lipinski definition) is 3. The Hall–Kier alpha value is -2.46. The van der Waals surface area contributed by atoms with Crippen LogP contribution in [0.5, 0.6) is 11.5 Å². The molecule has 0 unspecified atom stereocenters. The third-order valence-electron chi connectivity index (χ3n) is 4.91. The van der Waals surface area contributed by atoms with E-state index in [-0.39, 0.29) is 0 Å². The van der Waals surface area contributed by atoms with Crippen LogP contribution in [0.25, 0.3) is 22.2 Å². The fourth-order valence-electron chi connectivity index (χ4n) is 3.56. The van der Waals surface area contributed by atoms with Crippen LogP contribution in [0.4, 0.5) is 0 Å². The molecule has 0 radical (unpaired) electrons. The third kappa shape index (κ3) is 2.98. The van der Waals surface area contributed by atoms with Gasteiger partial charge in [-0.25, -0.2) is 0 Å². The number of likely N-dealkylation sites (N-methyl/N-ethyl adjacent to an activating group) is 1. The van der Waals surface area contributed by atoms with Crippen LogP contribution in [-0.2, 0) is 12.8 Å². The average Bonchev–Trinajstić information content (AvgIpc) is 2.99. The molecule has 0 fully saturated rings. The molecule has 4 heteroatoms. The third-order valence-corrected chi connectivity index (χ3v) is 4.91. The van der Waals surface area contributed by atoms with E-state index in [1.54, 1.807) is 7.11 Å². The van der Waals surface area contributed by atoms with Gasteiger partial charge in [0.05, 0.1) is 7.11 Å². The highest BCUT2D eigenvalue weighted by Crippen LogP contribution is 2.39. The molecule has 2 aromatic carbocycles. The Bertz CT molecular complexity index is 912. The molecule has 1 aromatic heterocycles. The Morgan fingerprint density at radius 2 is 1.88 bits per heavy atom. The highest BCUT2D eigenvalue weighted by atomic mass is 16.5. The van der Waals surface area contributed by atoms with Crippen molar-refractivity contribution in [1.29, 1.82) is 0 Å². The molecule has 0 bridgehead atoms. The van der Waals surface area contributed by atoms with Crippen molar-refractivity contribution in [3.63, 3.8) is 0 Å². The standard InChI is InChI=1S/C21H24N2O2/c1-23(2)10-11-25-16-5-8-17-14(12-16)4-7-18-19-13-15(24-3)6-9-20(19)22-21(17)18/h5-6,8-9,12-13,22H,4,7,10-11H2,1-3H3. The van der Waals surface area contributed by atoms with Crippen molar-refractivity contribution in [2.45, 2.75) is 12.8 Å². The van der Waals surface area contributed by atoms with E-state index in [1.165, 1.54) is 33.3 Å². The lowest BCUT2D eigenvalue weighted by Gasteiger charge is -2.18. The van der Waals surface area contributed by atoms with Gasteiger partial charge >= 0.3 is 0 Å². The van der Waals surface area contributed by atoms with E-state index >= 15 is 0 Å². The fourth-order valence-corrected chi connectivity index (χ4v) is 3.56. The SMILES string of the molecule is COc1ccc2[nH]c3c(c2c1)CCc1cc(OCCN(C)C)ccc1-3. The maximum absolute atomic E-state index is 5.89. The Kier molecular flexibility index (Phi) is 4.14. The van der Waals surface area contributed by atoms with E-state index in [0.717, 1.165) is 30.9 Å². The lowest BCUT2D eigenvalue weighted by molar-refractivity contribution is 0.261. The van der Waals surface area contributed by atoms with Gasteiger partial charge in [0.1, 0.15) is 18.1 Å². The van der Waals surface area contributed by atoms with Crippen LogP contribution in [0.1, 0.15) is 11.1 Å². The second-order valence-corrected chi connectivity index (χ2v) is 6.86. The number of aromatic amines is 1. The van der Waals surface area contributed by atoms with E-state index in [4.69, 9.17) is 9.47 Å². The summed E-state index contributed by atoms with van der Waals surface area (Å²) in [5.41, 5.74) is 6.45. The van der Waals surface area contributed by atoms with E-state index in [1.807, 2.05) is 6.07 Å². The van der Waals surface area contributed by atoms with Crippen molar-refractivity contribution in [1.82, 2.24) is 9.88 Å². The van der Waals surface area contributed by atoms with Crippen molar-refractivity contribution in [2.24, 2.45) is 0 Å². The number of hydrogen-bond donors (Lipinski definition) is 1. The molecule has 1 N–H and O–H groups in total. The molecule has 4 rings (SSSR count). The number of H-pyrrole nitrogens is 1. The number of fused-ring (bicyclic) bond motifs is 5. The summed E-state index contributed by atoms with van der Waals surface area (Å²) in [6, 6.07) is 12.7. The minimum absolute atomic E-state index is 0.712. The first kappa shape index (κ1) is 16.0. The number of methoxy groups -OCH3 is 1. The predicted molar refractivity (Wildman–Crippen MR) is 102 cm³/mol. The highest BCUT2D eigenvalue weighted by Gasteiger charge is 2.21. The average molecular weight is 336 g/mol. The molecule has 1 aliphatic rings. The Morgan fingerprint density at radius 3 is 2.68 bits per heavy atom. The summed E-state index contributed by atoms with van der Waals surface area (Å²) in [5, 5.41) is 1.27. The second-order valence-electron chi connectivity index (χ2n) is 6.86. The van der Waals surface area contributed by atoms with Gasteiger partial charge < -0.3 is 19.4 Å². The van der Waals surface area contributed by atoms with Crippen LogP contribution < -0.4 is 9.47 Å². The van der Waals surface area contributed by atoms with Gasteiger partial charge in [0.2, 0.25) is 0 Å².